The number of carboxylic acids is 1. The molecular formula is C14H18ClNO3. The monoisotopic (exact) mass is 283 g/mol. The number of rotatable bonds is 7. The summed E-state index contributed by atoms with van der Waals surface area (Å²) < 4.78 is 0. The van der Waals surface area contributed by atoms with Gasteiger partial charge in [0.25, 0.3) is 0 Å². The third-order valence-electron chi connectivity index (χ3n) is 2.76. The Hall–Kier alpha value is -1.55. The topological polar surface area (TPSA) is 66.4 Å². The van der Waals surface area contributed by atoms with E-state index in [1.807, 2.05) is 0 Å². The van der Waals surface area contributed by atoms with Gasteiger partial charge >= 0.3 is 5.97 Å². The lowest BCUT2D eigenvalue weighted by molar-refractivity contribution is -0.116. The maximum absolute atomic E-state index is 11.7. The first-order valence-electron chi connectivity index (χ1n) is 6.38. The molecule has 0 saturated carbocycles. The van der Waals surface area contributed by atoms with Crippen molar-refractivity contribution in [3.05, 3.63) is 28.8 Å². The van der Waals surface area contributed by atoms with Gasteiger partial charge in [-0.3, -0.25) is 4.79 Å². The number of anilines is 1. The van der Waals surface area contributed by atoms with Gasteiger partial charge in [0, 0.05) is 6.42 Å². The maximum Gasteiger partial charge on any atom is 0.339 e. The summed E-state index contributed by atoms with van der Waals surface area (Å²) in [5.41, 5.74) is 0.187. The van der Waals surface area contributed by atoms with Gasteiger partial charge in [0.15, 0.2) is 0 Å². The lowest BCUT2D eigenvalue weighted by Gasteiger charge is -2.09. The van der Waals surface area contributed by atoms with Crippen LogP contribution < -0.4 is 5.32 Å². The van der Waals surface area contributed by atoms with E-state index in [0.717, 1.165) is 25.7 Å². The zero-order chi connectivity index (χ0) is 14.3. The second kappa shape index (κ2) is 7.79. The van der Waals surface area contributed by atoms with E-state index >= 15 is 0 Å². The lowest BCUT2D eigenvalue weighted by atomic mass is 10.1. The number of hydrogen-bond donors (Lipinski definition) is 2. The van der Waals surface area contributed by atoms with E-state index in [2.05, 4.69) is 12.2 Å². The summed E-state index contributed by atoms with van der Waals surface area (Å²) in [7, 11) is 0. The molecule has 5 heteroatoms. The molecule has 104 valence electrons. The zero-order valence-electron chi connectivity index (χ0n) is 10.9. The van der Waals surface area contributed by atoms with Crippen LogP contribution in [0.3, 0.4) is 0 Å². The van der Waals surface area contributed by atoms with E-state index in [9.17, 15) is 9.59 Å². The molecule has 0 bridgehead atoms. The Labute approximate surface area is 117 Å². The molecule has 0 fully saturated rings. The quantitative estimate of drug-likeness (QED) is 0.745. The number of benzene rings is 1. The number of carbonyl (C=O) groups is 2. The Bertz CT molecular complexity index is 460. The third-order valence-corrected chi connectivity index (χ3v) is 3.07. The highest BCUT2D eigenvalue weighted by Gasteiger charge is 2.15. The smallest absolute Gasteiger partial charge is 0.339 e. The molecule has 0 aliphatic heterocycles. The second-order valence-electron chi connectivity index (χ2n) is 4.33. The summed E-state index contributed by atoms with van der Waals surface area (Å²) in [5, 5.41) is 11.8. The second-order valence-corrected chi connectivity index (χ2v) is 4.73. The average molecular weight is 284 g/mol. The summed E-state index contributed by atoms with van der Waals surface area (Å²) in [6, 6.07) is 4.64. The van der Waals surface area contributed by atoms with Crippen molar-refractivity contribution in [2.45, 2.75) is 39.0 Å². The molecular weight excluding hydrogens is 266 g/mol. The standard InChI is InChI=1S/C14H18ClNO3/c1-2-3-4-5-9-12(17)16-11-8-6-7-10(15)13(11)14(18)19/h6-8H,2-5,9H2,1H3,(H,16,17)(H,18,19). The predicted molar refractivity (Wildman–Crippen MR) is 75.8 cm³/mol. The average Bonchev–Trinajstić information content (AvgIpc) is 2.34. The van der Waals surface area contributed by atoms with Gasteiger partial charge in [0.2, 0.25) is 5.91 Å². The number of aromatic carboxylic acids is 1. The minimum atomic E-state index is -1.15. The number of halogens is 1. The number of carboxylic acid groups (broad SMARTS) is 1. The Morgan fingerprint density at radius 3 is 2.63 bits per heavy atom. The minimum Gasteiger partial charge on any atom is -0.478 e. The zero-order valence-corrected chi connectivity index (χ0v) is 11.7. The number of unbranched alkanes of at least 4 members (excludes halogenated alkanes) is 3. The van der Waals surface area contributed by atoms with Crippen LogP contribution in [0.5, 0.6) is 0 Å². The van der Waals surface area contributed by atoms with Crippen molar-refractivity contribution >= 4 is 29.2 Å². The highest BCUT2D eigenvalue weighted by atomic mass is 35.5. The first kappa shape index (κ1) is 15.5. The molecule has 0 saturated heterocycles. The van der Waals surface area contributed by atoms with Crippen LogP contribution in [0.4, 0.5) is 5.69 Å². The molecule has 2 N–H and O–H groups in total. The van der Waals surface area contributed by atoms with Gasteiger partial charge in [-0.2, -0.15) is 0 Å². The first-order chi connectivity index (χ1) is 9.06. The van der Waals surface area contributed by atoms with Crippen molar-refractivity contribution < 1.29 is 14.7 Å². The molecule has 0 atom stereocenters. The van der Waals surface area contributed by atoms with Crippen molar-refractivity contribution in [2.24, 2.45) is 0 Å². The van der Waals surface area contributed by atoms with E-state index in [1.165, 1.54) is 6.07 Å². The fourth-order valence-electron chi connectivity index (χ4n) is 1.77. The van der Waals surface area contributed by atoms with Crippen molar-refractivity contribution in [3.63, 3.8) is 0 Å². The van der Waals surface area contributed by atoms with Crippen LogP contribution in [0.2, 0.25) is 5.02 Å². The number of nitrogens with one attached hydrogen (secondary N) is 1. The molecule has 0 radical (unpaired) electrons. The number of amides is 1. The lowest BCUT2D eigenvalue weighted by Crippen LogP contribution is -2.14. The van der Waals surface area contributed by atoms with Crippen molar-refractivity contribution in [2.75, 3.05) is 5.32 Å². The van der Waals surface area contributed by atoms with Crippen LogP contribution >= 0.6 is 11.6 Å². The van der Waals surface area contributed by atoms with Crippen LogP contribution in [-0.4, -0.2) is 17.0 Å². The number of carbonyl (C=O) groups excluding carboxylic acids is 1. The summed E-state index contributed by atoms with van der Waals surface area (Å²) in [4.78, 5) is 22.8. The molecule has 0 aliphatic rings. The molecule has 1 aromatic rings. The van der Waals surface area contributed by atoms with Crippen molar-refractivity contribution in [1.29, 1.82) is 0 Å². The van der Waals surface area contributed by atoms with Crippen LogP contribution in [0, 0.1) is 0 Å². The summed E-state index contributed by atoms with van der Waals surface area (Å²) in [6.45, 7) is 2.10. The molecule has 0 aromatic heterocycles. The third kappa shape index (κ3) is 4.91. The van der Waals surface area contributed by atoms with Gasteiger partial charge in [-0.15, -0.1) is 0 Å². The molecule has 1 aromatic carbocycles. The van der Waals surface area contributed by atoms with Gasteiger partial charge < -0.3 is 10.4 Å². The SMILES string of the molecule is CCCCCCC(=O)Nc1cccc(Cl)c1C(=O)O. The van der Waals surface area contributed by atoms with Crippen LogP contribution in [-0.2, 0) is 4.79 Å². The van der Waals surface area contributed by atoms with Crippen LogP contribution in [0.25, 0.3) is 0 Å². The molecule has 19 heavy (non-hydrogen) atoms. The Balaban J connectivity index is 2.64. The van der Waals surface area contributed by atoms with Crippen molar-refractivity contribution in [3.8, 4) is 0 Å². The Morgan fingerprint density at radius 1 is 1.26 bits per heavy atom. The molecule has 0 aliphatic carbocycles. The Kier molecular flexibility index (Phi) is 6.36. The first-order valence-corrected chi connectivity index (χ1v) is 6.75. The molecule has 4 nitrogen and oxygen atoms in total. The number of hydrogen-bond acceptors (Lipinski definition) is 2. The highest BCUT2D eigenvalue weighted by molar-refractivity contribution is 6.34. The highest BCUT2D eigenvalue weighted by Crippen LogP contribution is 2.24. The molecule has 0 heterocycles. The summed E-state index contributed by atoms with van der Waals surface area (Å²) in [5.74, 6) is -1.33. The molecule has 0 spiro atoms. The van der Waals surface area contributed by atoms with Gasteiger partial charge in [-0.1, -0.05) is 43.9 Å². The summed E-state index contributed by atoms with van der Waals surface area (Å²) >= 11 is 5.82. The molecule has 1 amide bonds. The summed E-state index contributed by atoms with van der Waals surface area (Å²) in [6.07, 6.45) is 4.42. The van der Waals surface area contributed by atoms with Crippen LogP contribution in [0.15, 0.2) is 18.2 Å². The van der Waals surface area contributed by atoms with Gasteiger partial charge in [-0.05, 0) is 18.6 Å². The van der Waals surface area contributed by atoms with E-state index < -0.39 is 5.97 Å². The van der Waals surface area contributed by atoms with Crippen LogP contribution in [0.1, 0.15) is 49.4 Å². The normalized spacial score (nSPS) is 10.2. The minimum absolute atomic E-state index is 0.0638. The van der Waals surface area contributed by atoms with E-state index in [1.54, 1.807) is 12.1 Å². The van der Waals surface area contributed by atoms with E-state index in [0.29, 0.717) is 6.42 Å². The van der Waals surface area contributed by atoms with E-state index in [-0.39, 0.29) is 22.2 Å². The largest absolute Gasteiger partial charge is 0.478 e. The fourth-order valence-corrected chi connectivity index (χ4v) is 2.03. The maximum atomic E-state index is 11.7. The Morgan fingerprint density at radius 2 is 2.00 bits per heavy atom. The predicted octanol–water partition coefficient (Wildman–Crippen LogP) is 3.95. The van der Waals surface area contributed by atoms with Gasteiger partial charge in [0.1, 0.15) is 5.56 Å². The molecule has 0 unspecified atom stereocenters. The van der Waals surface area contributed by atoms with Gasteiger partial charge in [0.05, 0.1) is 10.7 Å². The van der Waals surface area contributed by atoms with Gasteiger partial charge in [-0.25, -0.2) is 4.79 Å². The molecule has 1 rings (SSSR count). The van der Waals surface area contributed by atoms with E-state index in [4.69, 9.17) is 16.7 Å². The van der Waals surface area contributed by atoms with Crippen molar-refractivity contribution in [1.82, 2.24) is 0 Å². The fraction of sp³-hybridized carbons (Fsp3) is 0.429.